The molecule has 3 heterocycles. The molecular formula is C20H26N6O5. The Balaban J connectivity index is 0.000000234. The number of aromatic nitrogens is 6. The van der Waals surface area contributed by atoms with Gasteiger partial charge in [0.2, 0.25) is 0 Å². The van der Waals surface area contributed by atoms with Crippen LogP contribution in [0.3, 0.4) is 0 Å². The van der Waals surface area contributed by atoms with Gasteiger partial charge in [-0.2, -0.15) is 0 Å². The molecule has 0 saturated heterocycles. The number of hydrogen-bond acceptors (Lipinski definition) is 11. The van der Waals surface area contributed by atoms with Gasteiger partial charge in [-0.1, -0.05) is 0 Å². The van der Waals surface area contributed by atoms with E-state index in [-0.39, 0.29) is 30.7 Å². The van der Waals surface area contributed by atoms with Gasteiger partial charge in [0.05, 0.1) is 13.2 Å². The van der Waals surface area contributed by atoms with Crippen LogP contribution in [0.2, 0.25) is 0 Å². The van der Waals surface area contributed by atoms with Crippen LogP contribution in [-0.4, -0.2) is 69.8 Å². The second-order valence-corrected chi connectivity index (χ2v) is 6.37. The lowest BCUT2D eigenvalue weighted by Crippen LogP contribution is -2.07. The van der Waals surface area contributed by atoms with E-state index in [1.54, 1.807) is 37.2 Å². The van der Waals surface area contributed by atoms with Crippen molar-refractivity contribution in [3.8, 4) is 0 Å². The number of carbonyl (C=O) groups excluding carboxylic acids is 1. The fourth-order valence-electron chi connectivity index (χ4n) is 1.78. The number of nitrogens with zero attached hydrogens (tertiary/aromatic N) is 6. The molecule has 0 aromatic carbocycles. The number of aryl methyl sites for hydroxylation is 3. The van der Waals surface area contributed by atoms with Crippen molar-refractivity contribution in [2.24, 2.45) is 0 Å². The van der Waals surface area contributed by atoms with Gasteiger partial charge >= 0.3 is 0 Å². The smallest absolute Gasteiger partial charge is 0.192 e. The van der Waals surface area contributed by atoms with Crippen LogP contribution in [0, 0.1) is 20.8 Å². The largest absolute Gasteiger partial charge is 0.393 e. The highest BCUT2D eigenvalue weighted by atomic mass is 16.3. The zero-order valence-electron chi connectivity index (χ0n) is 17.5. The first kappa shape index (κ1) is 25.8. The fourth-order valence-corrected chi connectivity index (χ4v) is 1.78. The molecule has 2 atom stereocenters. The summed E-state index contributed by atoms with van der Waals surface area (Å²) in [5.41, 5.74) is 2.82. The molecule has 4 N–H and O–H groups in total. The van der Waals surface area contributed by atoms with Gasteiger partial charge in [0.25, 0.3) is 0 Å². The molecule has 11 nitrogen and oxygen atoms in total. The number of aliphatic hydroxyl groups is 4. The number of rotatable bonds is 5. The van der Waals surface area contributed by atoms with Gasteiger partial charge < -0.3 is 20.4 Å². The number of aldehydes is 1. The molecule has 0 radical (unpaired) electrons. The highest BCUT2D eigenvalue weighted by Gasteiger charge is 2.07. The van der Waals surface area contributed by atoms with E-state index in [2.05, 4.69) is 29.9 Å². The van der Waals surface area contributed by atoms with Gasteiger partial charge in [0.15, 0.2) is 23.8 Å². The average Bonchev–Trinajstić information content (AvgIpc) is 2.80. The van der Waals surface area contributed by atoms with Gasteiger partial charge in [-0.3, -0.25) is 4.79 Å². The Morgan fingerprint density at radius 1 is 0.677 bits per heavy atom. The zero-order chi connectivity index (χ0) is 23.2. The topological polar surface area (TPSA) is 175 Å². The molecule has 0 spiro atoms. The highest BCUT2D eigenvalue weighted by molar-refractivity contribution is 5.68. The molecule has 3 aromatic rings. The van der Waals surface area contributed by atoms with E-state index in [0.29, 0.717) is 6.29 Å². The van der Waals surface area contributed by atoms with Crippen molar-refractivity contribution < 1.29 is 25.2 Å². The van der Waals surface area contributed by atoms with Gasteiger partial charge in [-0.05, 0) is 37.5 Å². The molecule has 3 aromatic heterocycles. The minimum absolute atomic E-state index is 0.237. The SMILES string of the molecule is Cc1cnc(C=O)nc1.Cc1cnc([C@@H](O)CO)nc1.Cc1cnc([C@H](O)CO)nc1. The van der Waals surface area contributed by atoms with Crippen LogP contribution in [0.25, 0.3) is 0 Å². The van der Waals surface area contributed by atoms with Gasteiger partial charge in [-0.25, -0.2) is 29.9 Å². The summed E-state index contributed by atoms with van der Waals surface area (Å²) in [7, 11) is 0. The van der Waals surface area contributed by atoms with Crippen molar-refractivity contribution in [1.29, 1.82) is 0 Å². The number of aliphatic hydroxyl groups excluding tert-OH is 4. The van der Waals surface area contributed by atoms with E-state index in [9.17, 15) is 4.79 Å². The molecule has 3 rings (SSSR count). The Hall–Kier alpha value is -3.25. The van der Waals surface area contributed by atoms with Gasteiger partial charge in [0, 0.05) is 37.2 Å². The standard InChI is InChI=1S/2C7H10N2O2.C6H6N2O/c2*1-5-2-8-7(9-3-5)6(11)4-10;1-5-2-7-6(4-9)8-3-5/h2*2-3,6,10-11H,4H2,1H3;2-4H,1H3/t2*6-;/m10./s1. The molecular weight excluding hydrogens is 404 g/mol. The Bertz CT molecular complexity index is 840. The van der Waals surface area contributed by atoms with Crippen molar-refractivity contribution in [3.63, 3.8) is 0 Å². The summed E-state index contributed by atoms with van der Waals surface area (Å²) < 4.78 is 0. The molecule has 0 bridgehead atoms. The van der Waals surface area contributed by atoms with Crippen molar-refractivity contribution >= 4 is 6.29 Å². The monoisotopic (exact) mass is 430 g/mol. The van der Waals surface area contributed by atoms with E-state index >= 15 is 0 Å². The lowest BCUT2D eigenvalue weighted by molar-refractivity contribution is 0.0885. The van der Waals surface area contributed by atoms with E-state index in [1.807, 2.05) is 20.8 Å². The van der Waals surface area contributed by atoms with Crippen LogP contribution < -0.4 is 0 Å². The zero-order valence-corrected chi connectivity index (χ0v) is 17.5. The van der Waals surface area contributed by atoms with Crippen LogP contribution in [-0.2, 0) is 0 Å². The maximum absolute atomic E-state index is 9.99. The lowest BCUT2D eigenvalue weighted by Gasteiger charge is -2.03. The molecule has 0 aliphatic rings. The molecule has 0 fully saturated rings. The van der Waals surface area contributed by atoms with Crippen molar-refractivity contribution in [1.82, 2.24) is 29.9 Å². The third-order valence-corrected chi connectivity index (χ3v) is 3.45. The predicted octanol–water partition coefficient (Wildman–Crippen LogP) is 0.219. The first-order chi connectivity index (χ1) is 14.8. The summed E-state index contributed by atoms with van der Waals surface area (Å²) in [6.07, 6.45) is 8.31. The van der Waals surface area contributed by atoms with Crippen LogP contribution in [0.4, 0.5) is 0 Å². The third-order valence-electron chi connectivity index (χ3n) is 3.45. The Kier molecular flexibility index (Phi) is 11.5. The summed E-state index contributed by atoms with van der Waals surface area (Å²) in [4.78, 5) is 32.7. The predicted molar refractivity (Wildman–Crippen MR) is 110 cm³/mol. The Morgan fingerprint density at radius 3 is 1.23 bits per heavy atom. The Morgan fingerprint density at radius 2 is 0.968 bits per heavy atom. The van der Waals surface area contributed by atoms with Crippen LogP contribution in [0.1, 0.15) is 51.2 Å². The molecule has 0 unspecified atom stereocenters. The van der Waals surface area contributed by atoms with Crippen LogP contribution in [0.15, 0.2) is 37.2 Å². The van der Waals surface area contributed by atoms with Gasteiger partial charge in [-0.15, -0.1) is 0 Å². The maximum Gasteiger partial charge on any atom is 0.192 e. The van der Waals surface area contributed by atoms with E-state index in [1.165, 1.54) is 0 Å². The minimum atomic E-state index is -0.962. The number of carbonyl (C=O) groups is 1. The second kappa shape index (κ2) is 13.9. The molecule has 0 saturated carbocycles. The van der Waals surface area contributed by atoms with Crippen LogP contribution >= 0.6 is 0 Å². The van der Waals surface area contributed by atoms with E-state index in [0.717, 1.165) is 16.7 Å². The second-order valence-electron chi connectivity index (χ2n) is 6.37. The normalized spacial score (nSPS) is 11.8. The minimum Gasteiger partial charge on any atom is -0.393 e. The maximum atomic E-state index is 9.99. The van der Waals surface area contributed by atoms with Crippen LogP contribution in [0.5, 0.6) is 0 Å². The highest BCUT2D eigenvalue weighted by Crippen LogP contribution is 2.05. The molecule has 0 amide bonds. The first-order valence-electron chi connectivity index (χ1n) is 9.19. The molecule has 166 valence electrons. The lowest BCUT2D eigenvalue weighted by atomic mass is 10.3. The summed E-state index contributed by atoms with van der Waals surface area (Å²) in [5.74, 6) is 0.761. The quantitative estimate of drug-likeness (QED) is 0.407. The third kappa shape index (κ3) is 9.87. The van der Waals surface area contributed by atoms with Crippen molar-refractivity contribution in [2.75, 3.05) is 13.2 Å². The molecule has 31 heavy (non-hydrogen) atoms. The summed E-state index contributed by atoms with van der Waals surface area (Å²) in [6.45, 7) is 4.89. The first-order valence-corrected chi connectivity index (χ1v) is 9.19. The van der Waals surface area contributed by atoms with Crippen molar-refractivity contribution in [3.05, 3.63) is 71.3 Å². The van der Waals surface area contributed by atoms with E-state index in [4.69, 9.17) is 20.4 Å². The molecule has 0 aliphatic carbocycles. The Labute approximate surface area is 179 Å². The fraction of sp³-hybridized carbons (Fsp3) is 0.350. The molecule has 0 aliphatic heterocycles. The summed E-state index contributed by atoms with van der Waals surface area (Å²) >= 11 is 0. The summed E-state index contributed by atoms with van der Waals surface area (Å²) in [5, 5.41) is 35.1. The number of hydrogen-bond donors (Lipinski definition) is 4. The molecule has 11 heteroatoms. The summed E-state index contributed by atoms with van der Waals surface area (Å²) in [6, 6.07) is 0. The average molecular weight is 430 g/mol. The van der Waals surface area contributed by atoms with Gasteiger partial charge in [0.1, 0.15) is 12.2 Å². The van der Waals surface area contributed by atoms with Crippen molar-refractivity contribution in [2.45, 2.75) is 33.0 Å². The van der Waals surface area contributed by atoms with E-state index < -0.39 is 12.2 Å².